The van der Waals surface area contributed by atoms with Crippen molar-refractivity contribution < 1.29 is 0 Å². The molecule has 0 amide bonds. The fourth-order valence-corrected chi connectivity index (χ4v) is 3.29. The molecule has 4 heteroatoms. The second kappa shape index (κ2) is 6.56. The van der Waals surface area contributed by atoms with Gasteiger partial charge in [-0.15, -0.1) is 0 Å². The Bertz CT molecular complexity index is 422. The Morgan fingerprint density at radius 1 is 1.32 bits per heavy atom. The van der Waals surface area contributed by atoms with E-state index in [0.717, 1.165) is 30.4 Å². The van der Waals surface area contributed by atoms with Gasteiger partial charge in [-0.25, -0.2) is 9.97 Å². The number of anilines is 1. The third kappa shape index (κ3) is 3.59. The lowest BCUT2D eigenvalue weighted by atomic mass is 9.93. The normalized spacial score (nSPS) is 26.6. The molecule has 3 atom stereocenters. The first-order valence-electron chi connectivity index (χ1n) is 7.44. The van der Waals surface area contributed by atoms with Gasteiger partial charge in [0.2, 0.25) is 0 Å². The van der Waals surface area contributed by atoms with E-state index in [4.69, 9.17) is 11.6 Å². The van der Waals surface area contributed by atoms with Gasteiger partial charge in [-0.05, 0) is 31.1 Å². The van der Waals surface area contributed by atoms with Gasteiger partial charge < -0.3 is 5.32 Å². The van der Waals surface area contributed by atoms with Gasteiger partial charge in [0.15, 0.2) is 0 Å². The number of aryl methyl sites for hydroxylation is 1. The number of hydrogen-bond donors (Lipinski definition) is 1. The third-order valence-electron chi connectivity index (χ3n) is 4.30. The zero-order valence-electron chi connectivity index (χ0n) is 12.1. The van der Waals surface area contributed by atoms with E-state index in [0.29, 0.717) is 17.1 Å². The van der Waals surface area contributed by atoms with E-state index >= 15 is 0 Å². The summed E-state index contributed by atoms with van der Waals surface area (Å²) in [4.78, 5) is 8.83. The molecule has 0 bridgehead atoms. The molecule has 0 radical (unpaired) electrons. The van der Waals surface area contributed by atoms with E-state index in [1.54, 1.807) is 0 Å². The van der Waals surface area contributed by atoms with Crippen molar-refractivity contribution in [3.8, 4) is 0 Å². The van der Waals surface area contributed by atoms with Crippen LogP contribution in [0.5, 0.6) is 0 Å². The highest BCUT2D eigenvalue weighted by atomic mass is 35.5. The van der Waals surface area contributed by atoms with Crippen molar-refractivity contribution in [3.05, 3.63) is 17.0 Å². The molecule has 106 valence electrons. The summed E-state index contributed by atoms with van der Waals surface area (Å²) in [6.45, 7) is 6.75. The first kappa shape index (κ1) is 14.6. The van der Waals surface area contributed by atoms with Gasteiger partial charge in [-0.3, -0.25) is 0 Å². The highest BCUT2D eigenvalue weighted by Gasteiger charge is 2.31. The molecule has 0 aromatic carbocycles. The van der Waals surface area contributed by atoms with Gasteiger partial charge in [-0.1, -0.05) is 38.8 Å². The van der Waals surface area contributed by atoms with Crippen molar-refractivity contribution >= 4 is 17.4 Å². The summed E-state index contributed by atoms with van der Waals surface area (Å²) >= 11 is 6.07. The fourth-order valence-electron chi connectivity index (χ4n) is 3.09. The molecule has 2 rings (SSSR count). The van der Waals surface area contributed by atoms with Crippen molar-refractivity contribution in [2.24, 2.45) is 11.8 Å². The van der Waals surface area contributed by atoms with E-state index in [1.807, 2.05) is 6.07 Å². The van der Waals surface area contributed by atoms with Gasteiger partial charge in [0, 0.05) is 18.5 Å². The number of nitrogens with one attached hydrogen (secondary N) is 1. The molecule has 1 N–H and O–H groups in total. The van der Waals surface area contributed by atoms with Crippen LogP contribution in [0.3, 0.4) is 0 Å². The molecular formula is C15H24ClN3. The van der Waals surface area contributed by atoms with Crippen LogP contribution in [0.2, 0.25) is 5.15 Å². The molecule has 1 fully saturated rings. The van der Waals surface area contributed by atoms with Gasteiger partial charge in [0.25, 0.3) is 0 Å². The molecule has 1 heterocycles. The predicted molar refractivity (Wildman–Crippen MR) is 80.6 cm³/mol. The summed E-state index contributed by atoms with van der Waals surface area (Å²) < 4.78 is 0. The lowest BCUT2D eigenvalue weighted by molar-refractivity contribution is 0.391. The Labute approximate surface area is 121 Å². The minimum Gasteiger partial charge on any atom is -0.367 e. The summed E-state index contributed by atoms with van der Waals surface area (Å²) in [6, 6.07) is 2.36. The zero-order chi connectivity index (χ0) is 13.8. The molecule has 3 nitrogen and oxygen atoms in total. The van der Waals surface area contributed by atoms with Gasteiger partial charge >= 0.3 is 0 Å². The molecule has 1 aromatic rings. The molecule has 0 saturated heterocycles. The van der Waals surface area contributed by atoms with Gasteiger partial charge in [0.05, 0.1) is 0 Å². The highest BCUT2D eigenvalue weighted by Crippen LogP contribution is 2.35. The van der Waals surface area contributed by atoms with Crippen LogP contribution in [0.4, 0.5) is 5.82 Å². The topological polar surface area (TPSA) is 37.8 Å². The second-order valence-corrected chi connectivity index (χ2v) is 5.99. The largest absolute Gasteiger partial charge is 0.367 e. The zero-order valence-corrected chi connectivity index (χ0v) is 12.9. The first-order valence-corrected chi connectivity index (χ1v) is 7.81. The van der Waals surface area contributed by atoms with Gasteiger partial charge in [-0.2, -0.15) is 0 Å². The summed E-state index contributed by atoms with van der Waals surface area (Å²) in [6.07, 6.45) is 5.73. The van der Waals surface area contributed by atoms with Crippen LogP contribution in [0, 0.1) is 11.8 Å². The van der Waals surface area contributed by atoms with E-state index in [-0.39, 0.29) is 0 Å². The Kier molecular flexibility index (Phi) is 5.03. The van der Waals surface area contributed by atoms with E-state index in [1.165, 1.54) is 19.3 Å². The number of hydrogen-bond acceptors (Lipinski definition) is 3. The molecular weight excluding hydrogens is 258 g/mol. The van der Waals surface area contributed by atoms with Crippen molar-refractivity contribution in [2.45, 2.75) is 58.9 Å². The van der Waals surface area contributed by atoms with Gasteiger partial charge in [0.1, 0.15) is 16.8 Å². The number of aromatic nitrogens is 2. The second-order valence-electron chi connectivity index (χ2n) is 5.60. The smallest absolute Gasteiger partial charge is 0.134 e. The fraction of sp³-hybridized carbons (Fsp3) is 0.733. The third-order valence-corrected chi connectivity index (χ3v) is 4.49. The molecule has 1 aromatic heterocycles. The van der Waals surface area contributed by atoms with E-state index in [9.17, 15) is 0 Å². The SMILES string of the molecule is CCCc1nc(Cl)cc(NC2CCC(CC)C2C)n1. The maximum Gasteiger partial charge on any atom is 0.134 e. The standard InChI is InChI=1S/C15H24ClN3/c1-4-6-14-18-13(16)9-15(19-14)17-12-8-7-11(5-2)10(12)3/h9-12H,4-8H2,1-3H3,(H,17,18,19). The maximum atomic E-state index is 6.07. The van der Waals surface area contributed by atoms with Crippen molar-refractivity contribution in [1.82, 2.24) is 9.97 Å². The van der Waals surface area contributed by atoms with Crippen molar-refractivity contribution in [2.75, 3.05) is 5.32 Å². The molecule has 1 aliphatic rings. The minimum absolute atomic E-state index is 0.519. The molecule has 0 aliphatic heterocycles. The van der Waals surface area contributed by atoms with Crippen LogP contribution in [-0.4, -0.2) is 16.0 Å². The first-order chi connectivity index (χ1) is 9.13. The minimum atomic E-state index is 0.519. The molecule has 1 saturated carbocycles. The molecule has 19 heavy (non-hydrogen) atoms. The van der Waals surface area contributed by atoms with E-state index in [2.05, 4.69) is 36.1 Å². The summed E-state index contributed by atoms with van der Waals surface area (Å²) in [5, 5.41) is 4.10. The van der Waals surface area contributed by atoms with Crippen molar-refractivity contribution in [3.63, 3.8) is 0 Å². The molecule has 0 spiro atoms. The Hall–Kier alpha value is -0.830. The molecule has 3 unspecified atom stereocenters. The summed E-state index contributed by atoms with van der Waals surface area (Å²) in [5.41, 5.74) is 0. The van der Waals surface area contributed by atoms with E-state index < -0.39 is 0 Å². The average Bonchev–Trinajstić information content (AvgIpc) is 2.70. The predicted octanol–water partition coefficient (Wildman–Crippen LogP) is 4.32. The Morgan fingerprint density at radius 3 is 2.74 bits per heavy atom. The quantitative estimate of drug-likeness (QED) is 0.817. The number of nitrogens with zero attached hydrogens (tertiary/aromatic N) is 2. The molecule has 1 aliphatic carbocycles. The number of rotatable bonds is 5. The Balaban J connectivity index is 2.06. The summed E-state index contributed by atoms with van der Waals surface area (Å²) in [5.74, 6) is 3.27. The average molecular weight is 282 g/mol. The highest BCUT2D eigenvalue weighted by molar-refractivity contribution is 6.29. The van der Waals surface area contributed by atoms with Crippen LogP contribution >= 0.6 is 11.6 Å². The Morgan fingerprint density at radius 2 is 2.11 bits per heavy atom. The van der Waals surface area contributed by atoms with Crippen LogP contribution in [-0.2, 0) is 6.42 Å². The van der Waals surface area contributed by atoms with Crippen LogP contribution in [0.15, 0.2) is 6.07 Å². The van der Waals surface area contributed by atoms with Crippen LogP contribution in [0.25, 0.3) is 0 Å². The van der Waals surface area contributed by atoms with Crippen LogP contribution < -0.4 is 5.32 Å². The maximum absolute atomic E-state index is 6.07. The monoisotopic (exact) mass is 281 g/mol. The van der Waals surface area contributed by atoms with Crippen molar-refractivity contribution in [1.29, 1.82) is 0 Å². The lowest BCUT2D eigenvalue weighted by Gasteiger charge is -2.21. The van der Waals surface area contributed by atoms with Crippen LogP contribution in [0.1, 0.15) is 52.3 Å². The number of halogens is 1. The summed E-state index contributed by atoms with van der Waals surface area (Å²) in [7, 11) is 0. The lowest BCUT2D eigenvalue weighted by Crippen LogP contribution is -2.25.